The van der Waals surface area contributed by atoms with Crippen LogP contribution < -0.4 is 4.90 Å². The molecule has 0 N–H and O–H groups in total. The SMILES string of the molecule is CN(C)c1cccc(C(=O)N2CCC[C@@H]2Cc2ccccc2Cl)c1. The zero-order chi connectivity index (χ0) is 17.1. The van der Waals surface area contributed by atoms with Gasteiger partial charge in [-0.15, -0.1) is 0 Å². The second kappa shape index (κ2) is 7.27. The zero-order valence-electron chi connectivity index (χ0n) is 14.2. The van der Waals surface area contributed by atoms with E-state index >= 15 is 0 Å². The summed E-state index contributed by atoms with van der Waals surface area (Å²) in [5, 5.41) is 0.784. The molecule has 1 aliphatic heterocycles. The van der Waals surface area contributed by atoms with Crippen molar-refractivity contribution in [2.24, 2.45) is 0 Å². The summed E-state index contributed by atoms with van der Waals surface area (Å²) in [6, 6.07) is 16.0. The highest BCUT2D eigenvalue weighted by Crippen LogP contribution is 2.27. The number of benzene rings is 2. The fraction of sp³-hybridized carbons (Fsp3) is 0.350. The summed E-state index contributed by atoms with van der Waals surface area (Å²) in [5.41, 5.74) is 2.92. The molecule has 0 radical (unpaired) electrons. The number of amides is 1. The minimum atomic E-state index is 0.119. The lowest BCUT2D eigenvalue weighted by molar-refractivity contribution is 0.0736. The van der Waals surface area contributed by atoms with E-state index in [1.54, 1.807) is 0 Å². The van der Waals surface area contributed by atoms with Gasteiger partial charge in [0.2, 0.25) is 0 Å². The first-order valence-electron chi connectivity index (χ1n) is 8.38. The molecule has 1 atom stereocenters. The average Bonchev–Trinajstić information content (AvgIpc) is 3.04. The highest BCUT2D eigenvalue weighted by molar-refractivity contribution is 6.31. The number of carbonyl (C=O) groups is 1. The summed E-state index contributed by atoms with van der Waals surface area (Å²) in [7, 11) is 3.97. The van der Waals surface area contributed by atoms with Crippen LogP contribution in [0.4, 0.5) is 5.69 Å². The second-order valence-electron chi connectivity index (χ2n) is 6.53. The molecule has 0 aliphatic carbocycles. The molecule has 1 saturated heterocycles. The number of hydrogen-bond acceptors (Lipinski definition) is 2. The molecule has 1 aliphatic rings. The van der Waals surface area contributed by atoms with Crippen molar-refractivity contribution in [3.05, 3.63) is 64.7 Å². The number of anilines is 1. The molecule has 1 amide bonds. The Hall–Kier alpha value is -2.00. The van der Waals surface area contributed by atoms with Crippen LogP contribution in [0.1, 0.15) is 28.8 Å². The molecule has 126 valence electrons. The molecule has 0 unspecified atom stereocenters. The summed E-state index contributed by atoms with van der Waals surface area (Å²) in [5.74, 6) is 0.119. The van der Waals surface area contributed by atoms with Crippen molar-refractivity contribution in [3.63, 3.8) is 0 Å². The van der Waals surface area contributed by atoms with Gasteiger partial charge in [-0.2, -0.15) is 0 Å². The van der Waals surface area contributed by atoms with E-state index in [-0.39, 0.29) is 11.9 Å². The standard InChI is InChI=1S/C20H23ClN2O/c1-22(2)17-9-5-8-16(14-17)20(24)23-12-6-10-18(23)13-15-7-3-4-11-19(15)21/h3-5,7-9,11,14,18H,6,10,12-13H2,1-2H3/t18-/m1/s1. The van der Waals surface area contributed by atoms with Crippen molar-refractivity contribution in [3.8, 4) is 0 Å². The molecular weight excluding hydrogens is 320 g/mol. The van der Waals surface area contributed by atoms with E-state index in [1.165, 1.54) is 0 Å². The minimum Gasteiger partial charge on any atom is -0.378 e. The normalized spacial score (nSPS) is 17.1. The van der Waals surface area contributed by atoms with Crippen LogP contribution in [0.5, 0.6) is 0 Å². The molecular formula is C20H23ClN2O. The lowest BCUT2D eigenvalue weighted by Gasteiger charge is -2.26. The maximum atomic E-state index is 13.0. The Morgan fingerprint density at radius 1 is 1.21 bits per heavy atom. The van der Waals surface area contributed by atoms with Crippen molar-refractivity contribution in [2.75, 3.05) is 25.5 Å². The Morgan fingerprint density at radius 2 is 2.00 bits per heavy atom. The van der Waals surface area contributed by atoms with Gasteiger partial charge in [0.1, 0.15) is 0 Å². The van der Waals surface area contributed by atoms with Gasteiger partial charge < -0.3 is 9.80 Å². The minimum absolute atomic E-state index is 0.119. The second-order valence-corrected chi connectivity index (χ2v) is 6.94. The average molecular weight is 343 g/mol. The number of halogens is 1. The van der Waals surface area contributed by atoms with Crippen LogP contribution in [0.15, 0.2) is 48.5 Å². The zero-order valence-corrected chi connectivity index (χ0v) is 15.0. The van der Waals surface area contributed by atoms with Gasteiger partial charge in [0.25, 0.3) is 5.91 Å². The van der Waals surface area contributed by atoms with Gasteiger partial charge in [-0.05, 0) is 49.1 Å². The number of rotatable bonds is 4. The van der Waals surface area contributed by atoms with Gasteiger partial charge in [-0.1, -0.05) is 35.9 Å². The van der Waals surface area contributed by atoms with Gasteiger partial charge in [-0.3, -0.25) is 4.79 Å². The van der Waals surface area contributed by atoms with E-state index in [2.05, 4.69) is 6.07 Å². The number of nitrogens with zero attached hydrogens (tertiary/aromatic N) is 2. The predicted octanol–water partition coefficient (Wildman–Crippen LogP) is 4.25. The molecule has 0 saturated carbocycles. The number of likely N-dealkylation sites (tertiary alicyclic amines) is 1. The van der Waals surface area contributed by atoms with E-state index in [4.69, 9.17) is 11.6 Å². The maximum absolute atomic E-state index is 13.0. The number of hydrogen-bond donors (Lipinski definition) is 0. The van der Waals surface area contributed by atoms with Crippen LogP contribution in [-0.2, 0) is 6.42 Å². The highest BCUT2D eigenvalue weighted by atomic mass is 35.5. The molecule has 0 spiro atoms. The Bertz CT molecular complexity index is 729. The third-order valence-electron chi connectivity index (χ3n) is 4.66. The van der Waals surface area contributed by atoms with Crippen molar-refractivity contribution in [2.45, 2.75) is 25.3 Å². The van der Waals surface area contributed by atoms with E-state index < -0.39 is 0 Å². The summed E-state index contributed by atoms with van der Waals surface area (Å²) in [6.45, 7) is 0.820. The van der Waals surface area contributed by atoms with Crippen molar-refractivity contribution >= 4 is 23.2 Å². The van der Waals surface area contributed by atoms with Crippen LogP contribution in [0.25, 0.3) is 0 Å². The molecule has 24 heavy (non-hydrogen) atoms. The van der Waals surface area contributed by atoms with Crippen LogP contribution in [0.3, 0.4) is 0 Å². The Labute approximate surface area is 148 Å². The Kier molecular flexibility index (Phi) is 5.10. The van der Waals surface area contributed by atoms with Crippen molar-refractivity contribution in [1.82, 2.24) is 4.90 Å². The molecule has 4 heteroatoms. The first-order chi connectivity index (χ1) is 11.6. The van der Waals surface area contributed by atoms with E-state index in [1.807, 2.05) is 66.4 Å². The summed E-state index contributed by atoms with van der Waals surface area (Å²) < 4.78 is 0. The fourth-order valence-electron chi connectivity index (χ4n) is 3.32. The topological polar surface area (TPSA) is 23.6 Å². The summed E-state index contributed by atoms with van der Waals surface area (Å²) in [6.07, 6.45) is 2.90. The molecule has 0 bridgehead atoms. The summed E-state index contributed by atoms with van der Waals surface area (Å²) in [4.78, 5) is 17.0. The predicted molar refractivity (Wildman–Crippen MR) is 100.0 cm³/mol. The number of carbonyl (C=O) groups excluding carboxylic acids is 1. The Morgan fingerprint density at radius 3 is 2.75 bits per heavy atom. The third kappa shape index (κ3) is 3.57. The maximum Gasteiger partial charge on any atom is 0.254 e. The van der Waals surface area contributed by atoms with E-state index in [0.717, 1.165) is 47.6 Å². The van der Waals surface area contributed by atoms with E-state index in [0.29, 0.717) is 0 Å². The van der Waals surface area contributed by atoms with Gasteiger partial charge in [0.05, 0.1) is 0 Å². The highest BCUT2D eigenvalue weighted by Gasteiger charge is 2.30. The molecule has 2 aromatic rings. The molecule has 0 aromatic heterocycles. The first-order valence-corrected chi connectivity index (χ1v) is 8.76. The van der Waals surface area contributed by atoms with E-state index in [9.17, 15) is 4.79 Å². The Balaban J connectivity index is 1.79. The van der Waals surface area contributed by atoms with Crippen LogP contribution in [0, 0.1) is 0 Å². The molecule has 2 aromatic carbocycles. The van der Waals surface area contributed by atoms with Gasteiger partial charge >= 0.3 is 0 Å². The molecule has 1 fully saturated rings. The molecule has 1 heterocycles. The van der Waals surface area contributed by atoms with Gasteiger partial charge in [0, 0.05) is 43.0 Å². The fourth-order valence-corrected chi connectivity index (χ4v) is 3.53. The van der Waals surface area contributed by atoms with Crippen molar-refractivity contribution in [1.29, 1.82) is 0 Å². The lowest BCUT2D eigenvalue weighted by atomic mass is 10.0. The third-order valence-corrected chi connectivity index (χ3v) is 5.03. The van der Waals surface area contributed by atoms with Gasteiger partial charge in [-0.25, -0.2) is 0 Å². The molecule has 3 rings (SSSR count). The first kappa shape index (κ1) is 16.8. The summed E-state index contributed by atoms with van der Waals surface area (Å²) >= 11 is 6.29. The monoisotopic (exact) mass is 342 g/mol. The van der Waals surface area contributed by atoms with Crippen molar-refractivity contribution < 1.29 is 4.79 Å². The van der Waals surface area contributed by atoms with Crippen LogP contribution in [0.2, 0.25) is 5.02 Å². The quantitative estimate of drug-likeness (QED) is 0.829. The lowest BCUT2D eigenvalue weighted by Crippen LogP contribution is -2.36. The largest absolute Gasteiger partial charge is 0.378 e. The molecule has 3 nitrogen and oxygen atoms in total. The smallest absolute Gasteiger partial charge is 0.254 e. The van der Waals surface area contributed by atoms with Gasteiger partial charge in [0.15, 0.2) is 0 Å². The van der Waals surface area contributed by atoms with Crippen LogP contribution >= 0.6 is 11.6 Å². The van der Waals surface area contributed by atoms with Crippen LogP contribution in [-0.4, -0.2) is 37.5 Å².